The molecule has 4 aromatic rings. The van der Waals surface area contributed by atoms with Gasteiger partial charge in [0.15, 0.2) is 0 Å². The van der Waals surface area contributed by atoms with Crippen LogP contribution in [0.4, 0.5) is 0 Å². The second-order valence-electron chi connectivity index (χ2n) is 7.76. The van der Waals surface area contributed by atoms with Gasteiger partial charge in [0, 0.05) is 36.1 Å². The van der Waals surface area contributed by atoms with Crippen LogP contribution in [0.15, 0.2) is 76.3 Å². The van der Waals surface area contributed by atoms with Crippen molar-refractivity contribution in [2.24, 2.45) is 0 Å². The predicted molar refractivity (Wildman–Crippen MR) is 126 cm³/mol. The van der Waals surface area contributed by atoms with Crippen LogP contribution in [-0.4, -0.2) is 43.0 Å². The normalized spacial score (nSPS) is 12.6. The second kappa shape index (κ2) is 10.0. The molecule has 176 valence electrons. The van der Waals surface area contributed by atoms with Crippen molar-refractivity contribution in [3.8, 4) is 0 Å². The van der Waals surface area contributed by atoms with Gasteiger partial charge >= 0.3 is 5.97 Å². The first kappa shape index (κ1) is 23.4. The molecule has 1 amide bonds. The van der Waals surface area contributed by atoms with Gasteiger partial charge < -0.3 is 14.8 Å². The zero-order chi connectivity index (χ0) is 24.1. The number of hydrogen-bond acceptors (Lipinski definition) is 6. The van der Waals surface area contributed by atoms with E-state index >= 15 is 0 Å². The fourth-order valence-electron chi connectivity index (χ4n) is 3.62. The largest absolute Gasteiger partial charge is 0.480 e. The zero-order valence-corrected chi connectivity index (χ0v) is 18.9. The highest BCUT2D eigenvalue weighted by Gasteiger charge is 2.26. The number of nitrogens with zero attached hydrogens (tertiary/aromatic N) is 1. The van der Waals surface area contributed by atoms with E-state index in [0.29, 0.717) is 29.5 Å². The van der Waals surface area contributed by atoms with Gasteiger partial charge in [-0.25, -0.2) is 8.42 Å². The Morgan fingerprint density at radius 2 is 1.74 bits per heavy atom. The highest BCUT2D eigenvalue weighted by atomic mass is 32.2. The Bertz CT molecular complexity index is 1430. The lowest BCUT2D eigenvalue weighted by Crippen LogP contribution is -2.41. The monoisotopic (exact) mass is 481 g/mol. The van der Waals surface area contributed by atoms with E-state index in [1.54, 1.807) is 18.5 Å². The van der Waals surface area contributed by atoms with Crippen molar-refractivity contribution in [3.63, 3.8) is 0 Å². The topological polar surface area (TPSA) is 139 Å². The Hall–Kier alpha value is -3.76. The summed E-state index contributed by atoms with van der Waals surface area (Å²) < 4.78 is 33.7. The average Bonchev–Trinajstić information content (AvgIpc) is 3.20. The van der Waals surface area contributed by atoms with Gasteiger partial charge in [0.25, 0.3) is 0 Å². The lowest BCUT2D eigenvalue weighted by Gasteiger charge is -2.15. The number of pyridine rings is 1. The van der Waals surface area contributed by atoms with Gasteiger partial charge in [-0.1, -0.05) is 18.2 Å². The molecule has 0 saturated heterocycles. The van der Waals surface area contributed by atoms with E-state index in [9.17, 15) is 23.1 Å². The van der Waals surface area contributed by atoms with Crippen LogP contribution in [0.5, 0.6) is 0 Å². The van der Waals surface area contributed by atoms with Crippen molar-refractivity contribution in [1.29, 1.82) is 0 Å². The third-order valence-corrected chi connectivity index (χ3v) is 6.87. The average molecular weight is 482 g/mol. The highest BCUT2D eigenvalue weighted by Crippen LogP contribution is 2.30. The predicted octanol–water partition coefficient (Wildman–Crippen LogP) is 2.85. The number of hydrogen-bond donors (Lipinski definition) is 3. The molecule has 0 aliphatic heterocycles. The van der Waals surface area contributed by atoms with Crippen molar-refractivity contribution >= 4 is 43.8 Å². The first-order chi connectivity index (χ1) is 16.3. The zero-order valence-electron chi connectivity index (χ0n) is 18.1. The molecule has 10 heteroatoms. The summed E-state index contributed by atoms with van der Waals surface area (Å²) in [7, 11) is -4.15. The van der Waals surface area contributed by atoms with Gasteiger partial charge in [-0.2, -0.15) is 4.72 Å². The number of aromatic nitrogens is 1. The number of para-hydroxylation sites is 1. The first-order valence-electron chi connectivity index (χ1n) is 10.7. The maximum absolute atomic E-state index is 12.9. The molecule has 9 nitrogen and oxygen atoms in total. The minimum atomic E-state index is -4.15. The van der Waals surface area contributed by atoms with E-state index in [1.807, 2.05) is 30.3 Å². The number of aliphatic carboxylic acids is 1. The molecule has 34 heavy (non-hydrogen) atoms. The summed E-state index contributed by atoms with van der Waals surface area (Å²) in [5, 5.41) is 13.6. The Morgan fingerprint density at radius 1 is 1.00 bits per heavy atom. The number of rotatable bonds is 10. The van der Waals surface area contributed by atoms with Gasteiger partial charge in [-0.05, 0) is 54.8 Å². The van der Waals surface area contributed by atoms with E-state index in [2.05, 4.69) is 15.0 Å². The SMILES string of the molecule is O=C(CCC(NS(=O)(=O)c1ccc2oc3ccccc3c2c1)C(=O)O)NCCc1ccncc1. The van der Waals surface area contributed by atoms with Crippen LogP contribution in [0.2, 0.25) is 0 Å². The Kier molecular flexibility index (Phi) is 6.90. The quantitative estimate of drug-likeness (QED) is 0.317. The van der Waals surface area contributed by atoms with Crippen molar-refractivity contribution in [2.45, 2.75) is 30.2 Å². The fourth-order valence-corrected chi connectivity index (χ4v) is 4.87. The molecule has 0 aliphatic rings. The van der Waals surface area contributed by atoms with Crippen LogP contribution in [0.1, 0.15) is 18.4 Å². The van der Waals surface area contributed by atoms with E-state index in [1.165, 1.54) is 18.2 Å². The summed E-state index contributed by atoms with van der Waals surface area (Å²) in [6, 6.07) is 13.8. The molecule has 0 fully saturated rings. The van der Waals surface area contributed by atoms with Gasteiger partial charge in [-0.15, -0.1) is 0 Å². The molecule has 4 rings (SSSR count). The number of benzene rings is 2. The molecule has 1 unspecified atom stereocenters. The number of carbonyl (C=O) groups is 2. The number of carboxylic acids is 1. The molecule has 2 aromatic heterocycles. The molecule has 3 N–H and O–H groups in total. The summed E-state index contributed by atoms with van der Waals surface area (Å²) in [5.74, 6) is -1.71. The highest BCUT2D eigenvalue weighted by molar-refractivity contribution is 7.89. The van der Waals surface area contributed by atoms with Gasteiger partial charge in [0.1, 0.15) is 17.2 Å². The van der Waals surface area contributed by atoms with Crippen molar-refractivity contribution in [2.75, 3.05) is 6.54 Å². The molecule has 0 bridgehead atoms. The third-order valence-electron chi connectivity index (χ3n) is 5.40. The number of sulfonamides is 1. The van der Waals surface area contributed by atoms with Crippen LogP contribution in [0.3, 0.4) is 0 Å². The number of amides is 1. The van der Waals surface area contributed by atoms with Crippen LogP contribution >= 0.6 is 0 Å². The van der Waals surface area contributed by atoms with Gasteiger partial charge in [-0.3, -0.25) is 14.6 Å². The van der Waals surface area contributed by atoms with Crippen molar-refractivity contribution in [3.05, 3.63) is 72.6 Å². The third kappa shape index (κ3) is 5.41. The molecule has 0 saturated carbocycles. The Morgan fingerprint density at radius 3 is 2.50 bits per heavy atom. The van der Waals surface area contributed by atoms with Crippen LogP contribution in [0.25, 0.3) is 21.9 Å². The number of carboxylic acid groups (broad SMARTS) is 1. The Balaban J connectivity index is 1.40. The lowest BCUT2D eigenvalue weighted by atomic mass is 10.1. The molecule has 0 aliphatic carbocycles. The summed E-state index contributed by atoms with van der Waals surface area (Å²) in [6.07, 6.45) is 3.60. The molecule has 0 spiro atoms. The number of nitrogens with one attached hydrogen (secondary N) is 2. The smallest absolute Gasteiger partial charge is 0.321 e. The van der Waals surface area contributed by atoms with Gasteiger partial charge in [0.05, 0.1) is 4.90 Å². The van der Waals surface area contributed by atoms with Crippen molar-refractivity contribution < 1.29 is 27.5 Å². The van der Waals surface area contributed by atoms with Gasteiger partial charge in [0.2, 0.25) is 15.9 Å². The summed E-state index contributed by atoms with van der Waals surface area (Å²) >= 11 is 0. The van der Waals surface area contributed by atoms with E-state index < -0.39 is 22.0 Å². The number of fused-ring (bicyclic) bond motifs is 3. The number of furan rings is 1. The molecule has 0 radical (unpaired) electrons. The Labute approximate surface area is 195 Å². The molecule has 2 heterocycles. The van der Waals surface area contributed by atoms with E-state index in [4.69, 9.17) is 4.42 Å². The maximum Gasteiger partial charge on any atom is 0.321 e. The van der Waals surface area contributed by atoms with Crippen LogP contribution in [0, 0.1) is 0 Å². The van der Waals surface area contributed by atoms with E-state index in [0.717, 1.165) is 10.9 Å². The molecular formula is C24H23N3O6S. The maximum atomic E-state index is 12.9. The minimum absolute atomic E-state index is 0.0837. The lowest BCUT2D eigenvalue weighted by molar-refractivity contribution is -0.139. The minimum Gasteiger partial charge on any atom is -0.480 e. The first-order valence-corrected chi connectivity index (χ1v) is 12.1. The standard InChI is InChI=1S/C24H23N3O6S/c28-23(26-14-11-16-9-12-25-13-10-16)8-6-20(24(29)30)27-34(31,32)17-5-7-22-19(15-17)18-3-1-2-4-21(18)33-22/h1-5,7,9-10,12-13,15,20,27H,6,8,11,14H2,(H,26,28)(H,29,30). The van der Waals surface area contributed by atoms with Crippen LogP contribution < -0.4 is 10.0 Å². The summed E-state index contributed by atoms with van der Waals surface area (Å²) in [5.41, 5.74) is 2.16. The molecule has 1 atom stereocenters. The van der Waals surface area contributed by atoms with Crippen LogP contribution in [-0.2, 0) is 26.0 Å². The fraction of sp³-hybridized carbons (Fsp3) is 0.208. The summed E-state index contributed by atoms with van der Waals surface area (Å²) in [4.78, 5) is 27.7. The molecule has 2 aromatic carbocycles. The second-order valence-corrected chi connectivity index (χ2v) is 9.48. The summed E-state index contributed by atoms with van der Waals surface area (Å²) in [6.45, 7) is 0.380. The van der Waals surface area contributed by atoms with E-state index in [-0.39, 0.29) is 23.6 Å². The number of carbonyl (C=O) groups excluding carboxylic acids is 1. The molecular weight excluding hydrogens is 458 g/mol. The van der Waals surface area contributed by atoms with Crippen molar-refractivity contribution in [1.82, 2.24) is 15.0 Å².